The number of hydrogen-bond acceptors (Lipinski definition) is 2. The van der Waals surface area contributed by atoms with Gasteiger partial charge in [-0.05, 0) is 35.6 Å². The molecule has 112 valence electrons. The van der Waals surface area contributed by atoms with Crippen molar-refractivity contribution in [2.45, 2.75) is 32.8 Å². The van der Waals surface area contributed by atoms with Crippen molar-refractivity contribution in [2.75, 3.05) is 6.61 Å². The fourth-order valence-electron chi connectivity index (χ4n) is 2.10. The molecule has 0 aliphatic carbocycles. The Hall–Kier alpha value is -1.87. The van der Waals surface area contributed by atoms with Crippen LogP contribution in [-0.4, -0.2) is 11.7 Å². The van der Waals surface area contributed by atoms with Crippen molar-refractivity contribution in [1.82, 2.24) is 0 Å². The summed E-state index contributed by atoms with van der Waals surface area (Å²) in [4.78, 5) is 0. The van der Waals surface area contributed by atoms with Gasteiger partial charge in [0.25, 0.3) is 0 Å². The Bertz CT molecular complexity index is 591. The van der Waals surface area contributed by atoms with Crippen molar-refractivity contribution in [3.8, 4) is 5.75 Å². The highest BCUT2D eigenvalue weighted by Crippen LogP contribution is 2.23. The van der Waals surface area contributed by atoms with E-state index in [0.29, 0.717) is 11.5 Å². The predicted octanol–water partition coefficient (Wildman–Crippen LogP) is 4.37. The summed E-state index contributed by atoms with van der Waals surface area (Å²) >= 11 is 0. The van der Waals surface area contributed by atoms with Crippen LogP contribution in [0.15, 0.2) is 42.5 Å². The molecule has 0 aromatic heterocycles. The van der Waals surface area contributed by atoms with Crippen LogP contribution < -0.4 is 4.74 Å². The Kier molecular flexibility index (Phi) is 4.97. The lowest BCUT2D eigenvalue weighted by Gasteiger charge is -2.14. The molecule has 2 rings (SSSR count). The van der Waals surface area contributed by atoms with Crippen molar-refractivity contribution in [2.24, 2.45) is 0 Å². The molecule has 21 heavy (non-hydrogen) atoms. The maximum Gasteiger partial charge on any atom is 0.167 e. The summed E-state index contributed by atoms with van der Waals surface area (Å²) in [5.41, 5.74) is 2.52. The molecular formula is C18H21FO2. The predicted molar refractivity (Wildman–Crippen MR) is 82.1 cm³/mol. The molecule has 0 saturated carbocycles. The molecule has 2 nitrogen and oxygen atoms in total. The molecule has 0 fully saturated rings. The number of aliphatic hydroxyl groups is 1. The summed E-state index contributed by atoms with van der Waals surface area (Å²) in [5.74, 6) is 0.251. The van der Waals surface area contributed by atoms with E-state index in [0.717, 1.165) is 5.56 Å². The van der Waals surface area contributed by atoms with Gasteiger partial charge in [-0.2, -0.15) is 0 Å². The summed E-state index contributed by atoms with van der Waals surface area (Å²) in [7, 11) is 0. The van der Waals surface area contributed by atoms with Gasteiger partial charge in [0.05, 0.1) is 0 Å². The Morgan fingerprint density at radius 2 is 1.67 bits per heavy atom. The van der Waals surface area contributed by atoms with E-state index in [9.17, 15) is 9.50 Å². The highest BCUT2D eigenvalue weighted by Gasteiger charge is 2.12. The number of hydrogen-bond donors (Lipinski definition) is 1. The van der Waals surface area contributed by atoms with Crippen LogP contribution >= 0.6 is 0 Å². The molecule has 0 spiro atoms. The van der Waals surface area contributed by atoms with Gasteiger partial charge < -0.3 is 9.84 Å². The first-order chi connectivity index (χ1) is 9.99. The lowest BCUT2D eigenvalue weighted by atomic mass is 10.0. The Morgan fingerprint density at radius 3 is 2.29 bits per heavy atom. The minimum absolute atomic E-state index is 0.0292. The Morgan fingerprint density at radius 1 is 1.05 bits per heavy atom. The zero-order valence-corrected chi connectivity index (χ0v) is 12.6. The molecule has 2 aromatic rings. The molecule has 3 heteroatoms. The van der Waals surface area contributed by atoms with Crippen LogP contribution in [0.3, 0.4) is 0 Å². The van der Waals surface area contributed by atoms with Crippen LogP contribution in [0.5, 0.6) is 5.75 Å². The van der Waals surface area contributed by atoms with Crippen LogP contribution in [0, 0.1) is 12.7 Å². The average Bonchev–Trinajstić information content (AvgIpc) is 2.48. The maximum atomic E-state index is 13.8. The second kappa shape index (κ2) is 6.72. The van der Waals surface area contributed by atoms with E-state index < -0.39 is 6.10 Å². The average molecular weight is 288 g/mol. The highest BCUT2D eigenvalue weighted by molar-refractivity contribution is 5.30. The third kappa shape index (κ3) is 3.82. The second-order valence-corrected chi connectivity index (χ2v) is 5.54. The van der Waals surface area contributed by atoms with E-state index >= 15 is 0 Å². The first-order valence-corrected chi connectivity index (χ1v) is 7.15. The lowest BCUT2D eigenvalue weighted by molar-refractivity contribution is 0.105. The number of ether oxygens (including phenoxy) is 1. The van der Waals surface area contributed by atoms with E-state index in [-0.39, 0.29) is 18.2 Å². The summed E-state index contributed by atoms with van der Waals surface area (Å²) in [6.07, 6.45) is -0.772. The first-order valence-electron chi connectivity index (χ1n) is 7.15. The Labute approximate surface area is 125 Å². The van der Waals surface area contributed by atoms with Gasteiger partial charge in [0.15, 0.2) is 11.6 Å². The lowest BCUT2D eigenvalue weighted by Crippen LogP contribution is -2.10. The molecule has 0 heterocycles. The molecule has 0 aliphatic heterocycles. The molecule has 0 saturated heterocycles. The quantitative estimate of drug-likeness (QED) is 0.885. The largest absolute Gasteiger partial charge is 0.487 e. The number of aryl methyl sites for hydroxylation is 1. The van der Waals surface area contributed by atoms with Crippen LogP contribution in [0.1, 0.15) is 42.6 Å². The molecule has 0 bridgehead atoms. The van der Waals surface area contributed by atoms with Gasteiger partial charge in [0, 0.05) is 0 Å². The highest BCUT2D eigenvalue weighted by atomic mass is 19.1. The summed E-state index contributed by atoms with van der Waals surface area (Å²) in [6.45, 7) is 5.95. The minimum Gasteiger partial charge on any atom is -0.487 e. The zero-order chi connectivity index (χ0) is 15.4. The van der Waals surface area contributed by atoms with Gasteiger partial charge in [0.2, 0.25) is 0 Å². The van der Waals surface area contributed by atoms with Crippen molar-refractivity contribution >= 4 is 0 Å². The summed E-state index contributed by atoms with van der Waals surface area (Å²) in [6, 6.07) is 12.7. The second-order valence-electron chi connectivity index (χ2n) is 5.54. The zero-order valence-electron chi connectivity index (χ0n) is 12.6. The van der Waals surface area contributed by atoms with Gasteiger partial charge in [-0.1, -0.05) is 50.2 Å². The standard InChI is InChI=1S/C18H21FO2/c1-12(2)14-7-9-15(10-8-14)16(20)11-21-17-6-4-5-13(3)18(17)19/h4-10,12,16,20H,11H2,1-3H3. The van der Waals surface area contributed by atoms with E-state index in [1.54, 1.807) is 25.1 Å². The van der Waals surface area contributed by atoms with Crippen LogP contribution in [0.25, 0.3) is 0 Å². The maximum absolute atomic E-state index is 13.8. The minimum atomic E-state index is -0.772. The van der Waals surface area contributed by atoms with E-state index in [4.69, 9.17) is 4.74 Å². The normalized spacial score (nSPS) is 12.5. The van der Waals surface area contributed by atoms with Crippen molar-refractivity contribution in [3.05, 3.63) is 65.0 Å². The molecule has 0 amide bonds. The number of benzene rings is 2. The number of rotatable bonds is 5. The third-order valence-electron chi connectivity index (χ3n) is 3.54. The molecule has 1 unspecified atom stereocenters. The SMILES string of the molecule is Cc1cccc(OCC(O)c2ccc(C(C)C)cc2)c1F. The van der Waals surface area contributed by atoms with E-state index in [1.165, 1.54) is 5.56 Å². The van der Waals surface area contributed by atoms with Gasteiger partial charge >= 0.3 is 0 Å². The molecule has 1 N–H and O–H groups in total. The van der Waals surface area contributed by atoms with Crippen LogP contribution in [0.2, 0.25) is 0 Å². The van der Waals surface area contributed by atoms with Crippen molar-refractivity contribution in [3.63, 3.8) is 0 Å². The van der Waals surface area contributed by atoms with E-state index in [1.807, 2.05) is 24.3 Å². The molecular weight excluding hydrogens is 267 g/mol. The first kappa shape index (κ1) is 15.5. The molecule has 2 aromatic carbocycles. The summed E-state index contributed by atoms with van der Waals surface area (Å²) < 4.78 is 19.2. The van der Waals surface area contributed by atoms with Gasteiger partial charge in [-0.3, -0.25) is 0 Å². The molecule has 1 atom stereocenters. The van der Waals surface area contributed by atoms with Crippen molar-refractivity contribution in [1.29, 1.82) is 0 Å². The van der Waals surface area contributed by atoms with Crippen LogP contribution in [0.4, 0.5) is 4.39 Å². The fourth-order valence-corrected chi connectivity index (χ4v) is 2.10. The fraction of sp³-hybridized carbons (Fsp3) is 0.333. The smallest absolute Gasteiger partial charge is 0.167 e. The monoisotopic (exact) mass is 288 g/mol. The number of aliphatic hydroxyl groups excluding tert-OH is 1. The van der Waals surface area contributed by atoms with E-state index in [2.05, 4.69) is 13.8 Å². The summed E-state index contributed by atoms with van der Waals surface area (Å²) in [5, 5.41) is 10.1. The van der Waals surface area contributed by atoms with Gasteiger partial charge in [-0.15, -0.1) is 0 Å². The van der Waals surface area contributed by atoms with Crippen molar-refractivity contribution < 1.29 is 14.2 Å². The molecule has 0 aliphatic rings. The molecule has 0 radical (unpaired) electrons. The van der Waals surface area contributed by atoms with Crippen LogP contribution in [-0.2, 0) is 0 Å². The Balaban J connectivity index is 2.01. The topological polar surface area (TPSA) is 29.5 Å². The number of halogens is 1. The van der Waals surface area contributed by atoms with Gasteiger partial charge in [0.1, 0.15) is 12.7 Å². The van der Waals surface area contributed by atoms with Gasteiger partial charge in [-0.25, -0.2) is 4.39 Å². The third-order valence-corrected chi connectivity index (χ3v) is 3.54.